The van der Waals surface area contributed by atoms with Gasteiger partial charge in [0.25, 0.3) is 0 Å². The molecular formula is C30H37N7O2. The van der Waals surface area contributed by atoms with Gasteiger partial charge in [0.1, 0.15) is 12.4 Å². The Bertz CT molecular complexity index is 1310. The number of carbonyl (C=O) groups is 1. The fraction of sp³-hybridized carbons (Fsp3) is 0.533. The average molecular weight is 528 g/mol. The number of rotatable bonds is 6. The molecule has 2 saturated heterocycles. The number of benzene rings is 1. The highest BCUT2D eigenvalue weighted by Gasteiger charge is 2.43. The Kier molecular flexibility index (Phi) is 6.90. The Morgan fingerprint density at radius 3 is 2.95 bits per heavy atom. The van der Waals surface area contributed by atoms with Gasteiger partial charge >= 0.3 is 6.01 Å². The highest BCUT2D eigenvalue weighted by Crippen LogP contribution is 2.46. The molecule has 1 N–H and O–H groups in total. The Hall–Kier alpha value is -3.64. The molecule has 1 aromatic carbocycles. The number of para-hydroxylation sites is 1. The van der Waals surface area contributed by atoms with E-state index in [1.54, 1.807) is 4.90 Å². The van der Waals surface area contributed by atoms with Gasteiger partial charge in [0.15, 0.2) is 0 Å². The van der Waals surface area contributed by atoms with Crippen LogP contribution in [-0.4, -0.2) is 84.1 Å². The summed E-state index contributed by atoms with van der Waals surface area (Å²) in [6, 6.07) is 11.5. The van der Waals surface area contributed by atoms with Crippen LogP contribution in [0.3, 0.4) is 0 Å². The first kappa shape index (κ1) is 25.6. The van der Waals surface area contributed by atoms with Crippen LogP contribution in [0.4, 0.5) is 11.5 Å². The number of nitriles is 1. The molecule has 1 aliphatic carbocycles. The molecule has 1 spiro atoms. The molecular weight excluding hydrogens is 490 g/mol. The van der Waals surface area contributed by atoms with Gasteiger partial charge < -0.3 is 24.8 Å². The third-order valence-corrected chi connectivity index (χ3v) is 9.17. The molecule has 6 rings (SSSR count). The highest BCUT2D eigenvalue weighted by molar-refractivity contribution is 5.87. The number of likely N-dealkylation sites (N-methyl/N-ethyl adjacent to an activating group) is 1. The minimum absolute atomic E-state index is 0.0105. The van der Waals surface area contributed by atoms with Gasteiger partial charge in [-0.15, -0.1) is 0 Å². The van der Waals surface area contributed by atoms with Gasteiger partial charge in [0, 0.05) is 55.3 Å². The van der Waals surface area contributed by atoms with E-state index in [1.165, 1.54) is 29.3 Å². The van der Waals surface area contributed by atoms with E-state index in [1.807, 2.05) is 0 Å². The molecule has 4 heterocycles. The van der Waals surface area contributed by atoms with E-state index in [2.05, 4.69) is 59.1 Å². The van der Waals surface area contributed by atoms with Gasteiger partial charge in [-0.1, -0.05) is 24.8 Å². The molecule has 204 valence electrons. The maximum atomic E-state index is 12.5. The number of nitrogens with one attached hydrogen (secondary N) is 1. The molecule has 2 aromatic rings. The quantitative estimate of drug-likeness (QED) is 0.573. The van der Waals surface area contributed by atoms with Crippen LogP contribution in [0, 0.1) is 11.3 Å². The highest BCUT2D eigenvalue weighted by atomic mass is 16.5. The number of anilines is 2. The fourth-order valence-corrected chi connectivity index (χ4v) is 6.93. The Morgan fingerprint density at radius 2 is 2.15 bits per heavy atom. The lowest BCUT2D eigenvalue weighted by atomic mass is 9.70. The number of piperazine rings is 1. The number of nitrogens with zero attached hydrogens (tertiary/aromatic N) is 6. The van der Waals surface area contributed by atoms with Crippen LogP contribution in [0.25, 0.3) is 0 Å². The van der Waals surface area contributed by atoms with E-state index >= 15 is 0 Å². The summed E-state index contributed by atoms with van der Waals surface area (Å²) in [5, 5.41) is 13.1. The van der Waals surface area contributed by atoms with Gasteiger partial charge in [-0.25, -0.2) is 0 Å². The van der Waals surface area contributed by atoms with E-state index in [0.717, 1.165) is 50.3 Å². The van der Waals surface area contributed by atoms with Crippen molar-refractivity contribution in [2.24, 2.45) is 0 Å². The standard InChI is InChI=1S/C30H37N7O2/c1-3-27(38)37-16-15-36(18-21(37)11-13-31)28-23-10-12-30(20-32-25-9-5-4-8-24(25)30)17-26(23)33-29(34-28)39-19-22-7-6-14-35(22)2/h3-5,8-9,21-22,32H,1,6-7,10-12,14-20H2,2H3. The topological polar surface area (TPSA) is 97.6 Å². The van der Waals surface area contributed by atoms with Crippen molar-refractivity contribution in [2.45, 2.75) is 56.0 Å². The van der Waals surface area contributed by atoms with E-state index < -0.39 is 0 Å². The third-order valence-electron chi connectivity index (χ3n) is 9.17. The van der Waals surface area contributed by atoms with Crippen molar-refractivity contribution in [1.82, 2.24) is 19.8 Å². The average Bonchev–Trinajstić information content (AvgIpc) is 3.54. The smallest absolute Gasteiger partial charge is 0.318 e. The summed E-state index contributed by atoms with van der Waals surface area (Å²) in [5.41, 5.74) is 4.83. The predicted molar refractivity (Wildman–Crippen MR) is 150 cm³/mol. The zero-order valence-electron chi connectivity index (χ0n) is 22.7. The van der Waals surface area contributed by atoms with Crippen LogP contribution >= 0.6 is 0 Å². The molecule has 0 radical (unpaired) electrons. The zero-order chi connectivity index (χ0) is 27.0. The lowest BCUT2D eigenvalue weighted by molar-refractivity contribution is -0.128. The van der Waals surface area contributed by atoms with Crippen molar-refractivity contribution in [3.05, 3.63) is 53.7 Å². The van der Waals surface area contributed by atoms with Crippen molar-refractivity contribution >= 4 is 17.4 Å². The first-order valence-electron chi connectivity index (χ1n) is 14.1. The molecule has 3 aliphatic heterocycles. The summed E-state index contributed by atoms with van der Waals surface area (Å²) in [6.07, 6.45) is 6.64. The normalized spacial score (nSPS) is 26.1. The first-order valence-corrected chi connectivity index (χ1v) is 14.1. The molecule has 39 heavy (non-hydrogen) atoms. The minimum Gasteiger partial charge on any atom is -0.462 e. The van der Waals surface area contributed by atoms with Crippen molar-refractivity contribution in [3.63, 3.8) is 0 Å². The maximum Gasteiger partial charge on any atom is 0.318 e. The largest absolute Gasteiger partial charge is 0.462 e. The summed E-state index contributed by atoms with van der Waals surface area (Å²) >= 11 is 0. The molecule has 1 amide bonds. The van der Waals surface area contributed by atoms with Crippen LogP contribution < -0.4 is 15.0 Å². The van der Waals surface area contributed by atoms with Crippen LogP contribution in [0.5, 0.6) is 6.01 Å². The summed E-state index contributed by atoms with van der Waals surface area (Å²) in [7, 11) is 2.15. The molecule has 9 heteroatoms. The maximum absolute atomic E-state index is 12.5. The van der Waals surface area contributed by atoms with Crippen LogP contribution in [0.1, 0.15) is 42.5 Å². The molecule has 0 saturated carbocycles. The van der Waals surface area contributed by atoms with Gasteiger partial charge in [0.2, 0.25) is 5.91 Å². The monoisotopic (exact) mass is 527 g/mol. The second-order valence-corrected chi connectivity index (χ2v) is 11.4. The molecule has 3 unspecified atom stereocenters. The second-order valence-electron chi connectivity index (χ2n) is 11.4. The fourth-order valence-electron chi connectivity index (χ4n) is 6.93. The van der Waals surface area contributed by atoms with E-state index in [-0.39, 0.29) is 23.8 Å². The number of carbonyl (C=O) groups excluding carboxylic acids is 1. The number of likely N-dealkylation sites (tertiary alicyclic amines) is 1. The van der Waals surface area contributed by atoms with Crippen LogP contribution in [-0.2, 0) is 23.1 Å². The molecule has 1 aromatic heterocycles. The minimum atomic E-state index is -0.211. The first-order chi connectivity index (χ1) is 19.0. The molecule has 0 bridgehead atoms. The van der Waals surface area contributed by atoms with E-state index in [0.29, 0.717) is 38.3 Å². The Balaban J connectivity index is 1.33. The number of hydrogen-bond donors (Lipinski definition) is 1. The number of hydrogen-bond acceptors (Lipinski definition) is 8. The Morgan fingerprint density at radius 1 is 1.28 bits per heavy atom. The number of fused-ring (bicyclic) bond motifs is 3. The van der Waals surface area contributed by atoms with Gasteiger partial charge in [-0.3, -0.25) is 4.79 Å². The third kappa shape index (κ3) is 4.71. The van der Waals surface area contributed by atoms with Crippen LogP contribution in [0.2, 0.25) is 0 Å². The van der Waals surface area contributed by atoms with E-state index in [4.69, 9.17) is 14.7 Å². The number of aromatic nitrogens is 2. The summed E-state index contributed by atoms with van der Waals surface area (Å²) in [6.45, 7) is 7.94. The SMILES string of the molecule is C=CC(=O)N1CCN(c2nc(OCC3CCCN3C)nc3c2CCC2(CNc4ccccc42)C3)CC1CC#N. The van der Waals surface area contributed by atoms with Crippen molar-refractivity contribution < 1.29 is 9.53 Å². The van der Waals surface area contributed by atoms with Gasteiger partial charge in [-0.2, -0.15) is 15.2 Å². The number of ether oxygens (including phenoxy) is 1. The molecule has 9 nitrogen and oxygen atoms in total. The lowest BCUT2D eigenvalue weighted by Gasteiger charge is -2.42. The predicted octanol–water partition coefficient (Wildman–Crippen LogP) is 2.92. The molecule has 4 aliphatic rings. The zero-order valence-corrected chi connectivity index (χ0v) is 22.7. The van der Waals surface area contributed by atoms with Crippen LogP contribution in [0.15, 0.2) is 36.9 Å². The Labute approximate surface area is 230 Å². The second kappa shape index (κ2) is 10.5. The number of amides is 1. The molecule has 2 fully saturated rings. The van der Waals surface area contributed by atoms with Gasteiger partial charge in [-0.05, 0) is 57.0 Å². The van der Waals surface area contributed by atoms with Crippen molar-refractivity contribution in [1.29, 1.82) is 5.26 Å². The van der Waals surface area contributed by atoms with Crippen molar-refractivity contribution in [3.8, 4) is 12.1 Å². The lowest BCUT2D eigenvalue weighted by Crippen LogP contribution is -2.55. The van der Waals surface area contributed by atoms with Crippen molar-refractivity contribution in [2.75, 3.05) is 56.6 Å². The summed E-state index contributed by atoms with van der Waals surface area (Å²) in [5.74, 6) is 0.774. The van der Waals surface area contributed by atoms with Gasteiger partial charge in [0.05, 0.1) is 24.2 Å². The van der Waals surface area contributed by atoms with E-state index in [9.17, 15) is 10.1 Å². The summed E-state index contributed by atoms with van der Waals surface area (Å²) in [4.78, 5) is 28.9. The molecule has 3 atom stereocenters. The summed E-state index contributed by atoms with van der Waals surface area (Å²) < 4.78 is 6.29.